The quantitative estimate of drug-likeness (QED) is 0.0120. The first-order chi connectivity index (χ1) is 30.8. The summed E-state index contributed by atoms with van der Waals surface area (Å²) in [6, 6.07) is 0. The van der Waals surface area contributed by atoms with Gasteiger partial charge in [0.25, 0.3) is 0 Å². The average molecular weight is 1020 g/mol. The van der Waals surface area contributed by atoms with Gasteiger partial charge in [0.05, 0.1) is 6.61 Å². The van der Waals surface area contributed by atoms with Crippen molar-refractivity contribution in [2.45, 2.75) is 236 Å². The van der Waals surface area contributed by atoms with Gasteiger partial charge in [-0.15, -0.1) is 0 Å². The number of hydrogen-bond acceptors (Lipinski definition) is 15. The average Bonchev–Trinajstić information content (AvgIpc) is 3.23. The number of esters is 2. The van der Waals surface area contributed by atoms with Crippen LogP contribution in [0.2, 0.25) is 0 Å². The highest BCUT2D eigenvalue weighted by molar-refractivity contribution is 7.80. The summed E-state index contributed by atoms with van der Waals surface area (Å²) in [5.74, 6) is -0.333. The Morgan fingerprint density at radius 1 is 0.477 bits per heavy atom. The molecule has 0 heterocycles. The van der Waals surface area contributed by atoms with Crippen LogP contribution < -0.4 is 0 Å². The summed E-state index contributed by atoms with van der Waals surface area (Å²) in [5, 5.41) is 31.9. The molecule has 1 rings (SSSR count). The first-order valence-corrected chi connectivity index (χ1v) is 29.1. The van der Waals surface area contributed by atoms with Crippen molar-refractivity contribution >= 4 is 48.0 Å². The molecule has 65 heavy (non-hydrogen) atoms. The molecule has 0 aromatic rings. The lowest BCUT2D eigenvalue weighted by Crippen LogP contribution is -2.65. The van der Waals surface area contributed by atoms with Gasteiger partial charge in [0.2, 0.25) is 0 Å². The van der Waals surface area contributed by atoms with Gasteiger partial charge in [0, 0.05) is 12.8 Å². The topological polar surface area (TPSA) is 303 Å². The molecular formula is C42H83O19P3S. The van der Waals surface area contributed by atoms with Gasteiger partial charge < -0.3 is 49.3 Å². The third-order valence-corrected chi connectivity index (χ3v) is 13.6. The van der Waals surface area contributed by atoms with Crippen LogP contribution in [-0.4, -0.2) is 113 Å². The van der Waals surface area contributed by atoms with Crippen LogP contribution in [0.3, 0.4) is 0 Å². The Morgan fingerprint density at radius 3 is 1.23 bits per heavy atom. The molecule has 0 aromatic carbocycles. The fraction of sp³-hybridized carbons (Fsp3) is 0.952. The molecule has 19 nitrogen and oxygen atoms in total. The smallest absolute Gasteiger partial charge is 0.462 e. The molecule has 1 saturated carbocycles. The van der Waals surface area contributed by atoms with Crippen molar-refractivity contribution in [3.05, 3.63) is 0 Å². The van der Waals surface area contributed by atoms with Crippen molar-refractivity contribution < 1.29 is 90.6 Å². The molecule has 386 valence electrons. The van der Waals surface area contributed by atoms with Gasteiger partial charge in [-0.1, -0.05) is 161 Å². The Kier molecular flexibility index (Phi) is 35.1. The number of phosphoric acid groups is 3. The monoisotopic (exact) mass is 1020 g/mol. The number of aliphatic hydroxyl groups excluding tert-OH is 3. The van der Waals surface area contributed by atoms with Crippen molar-refractivity contribution in [2.24, 2.45) is 0 Å². The first-order valence-electron chi connectivity index (χ1n) is 23.9. The zero-order valence-electron chi connectivity index (χ0n) is 38.5. The van der Waals surface area contributed by atoms with Crippen LogP contribution >= 0.6 is 36.1 Å². The van der Waals surface area contributed by atoms with E-state index in [1.165, 1.54) is 109 Å². The third kappa shape index (κ3) is 32.9. The minimum atomic E-state index is -5.60. The van der Waals surface area contributed by atoms with Gasteiger partial charge in [-0.2, -0.15) is 12.6 Å². The van der Waals surface area contributed by atoms with E-state index in [0.29, 0.717) is 12.8 Å². The summed E-state index contributed by atoms with van der Waals surface area (Å²) >= 11 is 4.25. The van der Waals surface area contributed by atoms with Gasteiger partial charge in [-0.3, -0.25) is 27.7 Å². The molecule has 0 bridgehead atoms. The Hall–Kier alpha value is -0.500. The summed E-state index contributed by atoms with van der Waals surface area (Å²) in [7, 11) is -16.6. The summed E-state index contributed by atoms with van der Waals surface area (Å²) in [5.41, 5.74) is 0. The molecule has 8 atom stereocenters. The summed E-state index contributed by atoms with van der Waals surface area (Å²) in [6.07, 6.45) is 13.8. The SMILES string of the molecule is CCCCCCCCCCCCCCCC(=O)O[C@H](COC(=O)CCCCCCCCCCCCCCCCS)COP(=O)(O)OC1C(O)[C@@H](O)C(OP(=O)(O)O)[C@@H](OP(=O)(O)O)[C@H]1O. The largest absolute Gasteiger partial charge is 0.472 e. The predicted molar refractivity (Wildman–Crippen MR) is 247 cm³/mol. The van der Waals surface area contributed by atoms with E-state index in [2.05, 4.69) is 28.6 Å². The molecule has 1 aliphatic carbocycles. The maximum Gasteiger partial charge on any atom is 0.472 e. The second-order valence-corrected chi connectivity index (χ2v) is 21.4. The number of thiol groups is 1. The van der Waals surface area contributed by atoms with Gasteiger partial charge in [0.15, 0.2) is 6.10 Å². The maximum atomic E-state index is 13.1. The number of ether oxygens (including phenoxy) is 2. The van der Waals surface area contributed by atoms with Crippen molar-refractivity contribution in [3.63, 3.8) is 0 Å². The maximum absolute atomic E-state index is 13.1. The summed E-state index contributed by atoms with van der Waals surface area (Å²) < 4.78 is 65.5. The molecule has 0 aliphatic heterocycles. The highest BCUT2D eigenvalue weighted by Gasteiger charge is 2.56. The van der Waals surface area contributed by atoms with E-state index in [0.717, 1.165) is 57.1 Å². The van der Waals surface area contributed by atoms with Gasteiger partial charge in [0.1, 0.15) is 43.2 Å². The van der Waals surface area contributed by atoms with E-state index in [1.807, 2.05) is 0 Å². The molecule has 0 spiro atoms. The Balaban J connectivity index is 2.71. The zero-order valence-corrected chi connectivity index (χ0v) is 42.1. The Bertz CT molecular complexity index is 1390. The van der Waals surface area contributed by atoms with Crippen LogP contribution in [0.1, 0.15) is 193 Å². The summed E-state index contributed by atoms with van der Waals surface area (Å²) in [4.78, 5) is 73.2. The molecule has 23 heteroatoms. The zero-order chi connectivity index (χ0) is 48.6. The number of aliphatic hydroxyl groups is 3. The predicted octanol–water partition coefficient (Wildman–Crippen LogP) is 8.26. The van der Waals surface area contributed by atoms with Gasteiger partial charge in [-0.25, -0.2) is 13.7 Å². The lowest BCUT2D eigenvalue weighted by molar-refractivity contribution is -0.213. The standard InChI is InChI=1S/C42H83O19P3S/c1-2-3-4-5-6-7-8-11-15-18-21-24-27-30-36(44)58-34(32-56-35(43)29-26-23-20-17-14-12-9-10-13-16-19-22-25-28-31-65)33-57-64(54,55)61-40-37(45)38(46)41(59-62(48,49)50)42(39(40)47)60-63(51,52)53/h34,37-42,45-47,65H,2-33H2,1H3,(H,54,55)(H2,48,49,50)(H2,51,52,53)/t34-,37?,38-,39+,40?,41?,42+/m1/s1. The number of unbranched alkanes of at least 4 members (excludes halogenated alkanes) is 25. The number of phosphoric ester groups is 3. The molecular weight excluding hydrogens is 933 g/mol. The molecule has 0 radical (unpaired) electrons. The van der Waals surface area contributed by atoms with E-state index in [1.54, 1.807) is 0 Å². The molecule has 0 saturated heterocycles. The number of carbonyl (C=O) groups is 2. The van der Waals surface area contributed by atoms with Crippen LogP contribution in [0.15, 0.2) is 0 Å². The minimum absolute atomic E-state index is 0.00360. The van der Waals surface area contributed by atoms with Gasteiger partial charge in [-0.05, 0) is 25.0 Å². The lowest BCUT2D eigenvalue weighted by atomic mass is 9.85. The summed E-state index contributed by atoms with van der Waals surface area (Å²) in [6.45, 7) is 0.731. The van der Waals surface area contributed by atoms with E-state index in [9.17, 15) is 63.1 Å². The number of carbonyl (C=O) groups excluding carboxylic acids is 2. The van der Waals surface area contributed by atoms with E-state index in [4.69, 9.17) is 18.5 Å². The van der Waals surface area contributed by atoms with E-state index < -0.39 is 91.3 Å². The minimum Gasteiger partial charge on any atom is -0.462 e. The molecule has 4 unspecified atom stereocenters. The second-order valence-electron chi connectivity index (χ2n) is 17.1. The van der Waals surface area contributed by atoms with Gasteiger partial charge >= 0.3 is 35.4 Å². The van der Waals surface area contributed by atoms with Crippen LogP contribution in [-0.2, 0) is 50.9 Å². The lowest BCUT2D eigenvalue weighted by Gasteiger charge is -2.44. The first kappa shape index (κ1) is 62.5. The van der Waals surface area contributed by atoms with E-state index in [-0.39, 0.29) is 12.8 Å². The molecule has 1 fully saturated rings. The molecule has 8 N–H and O–H groups in total. The molecule has 1 aliphatic rings. The molecule has 0 amide bonds. The van der Waals surface area contributed by atoms with Crippen molar-refractivity contribution in [1.82, 2.24) is 0 Å². The molecule has 0 aromatic heterocycles. The van der Waals surface area contributed by atoms with Crippen LogP contribution in [0, 0.1) is 0 Å². The fourth-order valence-corrected chi connectivity index (χ4v) is 9.94. The normalized spacial score (nSPS) is 21.8. The fourth-order valence-electron chi connectivity index (χ4n) is 7.62. The third-order valence-electron chi connectivity index (χ3n) is 11.2. The Morgan fingerprint density at radius 2 is 0.831 bits per heavy atom. The van der Waals surface area contributed by atoms with Crippen molar-refractivity contribution in [2.75, 3.05) is 19.0 Å². The number of rotatable bonds is 42. The van der Waals surface area contributed by atoms with Crippen molar-refractivity contribution in [1.29, 1.82) is 0 Å². The van der Waals surface area contributed by atoms with Crippen molar-refractivity contribution in [3.8, 4) is 0 Å². The van der Waals surface area contributed by atoms with Crippen LogP contribution in [0.5, 0.6) is 0 Å². The van der Waals surface area contributed by atoms with E-state index >= 15 is 0 Å². The van der Waals surface area contributed by atoms with Crippen LogP contribution in [0.4, 0.5) is 0 Å². The Labute approximate surface area is 392 Å². The highest BCUT2D eigenvalue weighted by Crippen LogP contribution is 2.51. The van der Waals surface area contributed by atoms with Crippen LogP contribution in [0.25, 0.3) is 0 Å². The highest BCUT2D eigenvalue weighted by atomic mass is 32.1. The number of hydrogen-bond donors (Lipinski definition) is 9. The second kappa shape index (κ2) is 36.4.